The summed E-state index contributed by atoms with van der Waals surface area (Å²) in [6.07, 6.45) is 3.74. The summed E-state index contributed by atoms with van der Waals surface area (Å²) in [6.45, 7) is 0.855. The van der Waals surface area contributed by atoms with Crippen LogP contribution in [-0.4, -0.2) is 29.1 Å². The van der Waals surface area contributed by atoms with Crippen molar-refractivity contribution in [3.8, 4) is 0 Å². The van der Waals surface area contributed by atoms with Crippen LogP contribution >= 0.6 is 0 Å². The van der Waals surface area contributed by atoms with Crippen molar-refractivity contribution in [3.05, 3.63) is 71.3 Å². The molecule has 0 radical (unpaired) electrons. The van der Waals surface area contributed by atoms with Crippen LogP contribution in [0, 0.1) is 0 Å². The first-order chi connectivity index (χ1) is 11.1. The van der Waals surface area contributed by atoms with Gasteiger partial charge in [-0.3, -0.25) is 4.90 Å². The molecule has 1 N–H and O–H groups in total. The van der Waals surface area contributed by atoms with Gasteiger partial charge in [0.1, 0.15) is 0 Å². The van der Waals surface area contributed by atoms with Crippen LogP contribution in [0.3, 0.4) is 0 Å². The van der Waals surface area contributed by atoms with Gasteiger partial charge in [-0.1, -0.05) is 48.9 Å². The molecule has 2 aromatic carbocycles. The monoisotopic (exact) mass is 309 g/mol. The molecule has 1 fully saturated rings. The van der Waals surface area contributed by atoms with Gasteiger partial charge in [-0.05, 0) is 49.1 Å². The lowest BCUT2D eigenvalue weighted by atomic mass is 9.93. The maximum Gasteiger partial charge on any atom is 0.335 e. The van der Waals surface area contributed by atoms with Crippen LogP contribution in [0.4, 0.5) is 0 Å². The van der Waals surface area contributed by atoms with Gasteiger partial charge < -0.3 is 5.11 Å². The molecule has 2 atom stereocenters. The summed E-state index contributed by atoms with van der Waals surface area (Å²) in [5.74, 6) is -0.274. The third kappa shape index (κ3) is 3.62. The first-order valence-corrected chi connectivity index (χ1v) is 8.22. The average Bonchev–Trinajstić information content (AvgIpc) is 3.06. The molecule has 0 saturated heterocycles. The Kier molecular flexibility index (Phi) is 4.77. The molecule has 120 valence electrons. The Morgan fingerprint density at radius 1 is 1.09 bits per heavy atom. The quantitative estimate of drug-likeness (QED) is 0.902. The molecule has 23 heavy (non-hydrogen) atoms. The first kappa shape index (κ1) is 15.8. The number of aromatic carboxylic acids is 1. The van der Waals surface area contributed by atoms with Crippen LogP contribution in [0.25, 0.3) is 0 Å². The molecule has 0 heterocycles. The minimum absolute atomic E-state index is 0.347. The van der Waals surface area contributed by atoms with Crippen molar-refractivity contribution in [1.82, 2.24) is 4.90 Å². The van der Waals surface area contributed by atoms with E-state index in [1.54, 1.807) is 12.1 Å². The van der Waals surface area contributed by atoms with Crippen molar-refractivity contribution >= 4 is 5.97 Å². The van der Waals surface area contributed by atoms with E-state index in [1.807, 2.05) is 12.1 Å². The van der Waals surface area contributed by atoms with Crippen molar-refractivity contribution < 1.29 is 9.90 Å². The number of carbonyl (C=O) groups is 1. The molecule has 3 heteroatoms. The van der Waals surface area contributed by atoms with Crippen LogP contribution in [0.1, 0.15) is 46.7 Å². The molecule has 0 bridgehead atoms. The van der Waals surface area contributed by atoms with E-state index in [-0.39, 0.29) is 0 Å². The van der Waals surface area contributed by atoms with Crippen LogP contribution in [-0.2, 0) is 6.54 Å². The van der Waals surface area contributed by atoms with Crippen molar-refractivity contribution in [2.24, 2.45) is 0 Å². The predicted molar refractivity (Wildman–Crippen MR) is 91.7 cm³/mol. The number of likely N-dealkylation sites (N-methyl/N-ethyl adjacent to an activating group) is 1. The molecule has 0 aliphatic heterocycles. The van der Waals surface area contributed by atoms with Gasteiger partial charge in [0.15, 0.2) is 0 Å². The number of rotatable bonds is 5. The Balaban J connectivity index is 1.69. The van der Waals surface area contributed by atoms with Crippen LogP contribution in [0.15, 0.2) is 54.6 Å². The van der Waals surface area contributed by atoms with Gasteiger partial charge in [0.25, 0.3) is 0 Å². The summed E-state index contributed by atoms with van der Waals surface area (Å²) in [4.78, 5) is 13.4. The van der Waals surface area contributed by atoms with Gasteiger partial charge in [-0.25, -0.2) is 4.79 Å². The van der Waals surface area contributed by atoms with Crippen molar-refractivity contribution in [2.75, 3.05) is 7.05 Å². The number of hydrogen-bond acceptors (Lipinski definition) is 2. The van der Waals surface area contributed by atoms with E-state index < -0.39 is 5.97 Å². The van der Waals surface area contributed by atoms with Crippen LogP contribution < -0.4 is 0 Å². The lowest BCUT2D eigenvalue weighted by Crippen LogP contribution is -2.33. The van der Waals surface area contributed by atoms with Gasteiger partial charge in [0, 0.05) is 12.6 Å². The summed E-state index contributed by atoms with van der Waals surface area (Å²) >= 11 is 0. The third-order valence-corrected chi connectivity index (χ3v) is 4.91. The summed E-state index contributed by atoms with van der Waals surface area (Å²) in [5, 5.41) is 8.98. The Hall–Kier alpha value is -2.13. The number of carboxylic acid groups (broad SMARTS) is 1. The molecule has 1 aliphatic carbocycles. The maximum atomic E-state index is 10.9. The second-order valence-corrected chi connectivity index (χ2v) is 6.43. The molecular weight excluding hydrogens is 286 g/mol. The predicted octanol–water partition coefficient (Wildman–Crippen LogP) is 4.15. The van der Waals surface area contributed by atoms with E-state index in [9.17, 15) is 4.79 Å². The van der Waals surface area contributed by atoms with Gasteiger partial charge in [-0.2, -0.15) is 0 Å². The second kappa shape index (κ2) is 6.97. The lowest BCUT2D eigenvalue weighted by molar-refractivity contribution is 0.0697. The fourth-order valence-electron chi connectivity index (χ4n) is 3.72. The Bertz CT molecular complexity index is 651. The molecule has 2 aromatic rings. The highest BCUT2D eigenvalue weighted by molar-refractivity contribution is 5.87. The topological polar surface area (TPSA) is 40.5 Å². The number of benzene rings is 2. The minimum Gasteiger partial charge on any atom is -0.478 e. The van der Waals surface area contributed by atoms with E-state index in [4.69, 9.17) is 5.11 Å². The smallest absolute Gasteiger partial charge is 0.335 e. The zero-order valence-corrected chi connectivity index (χ0v) is 13.5. The zero-order chi connectivity index (χ0) is 16.2. The van der Waals surface area contributed by atoms with Gasteiger partial charge in [-0.15, -0.1) is 0 Å². The minimum atomic E-state index is -0.871. The van der Waals surface area contributed by atoms with E-state index in [0.29, 0.717) is 17.5 Å². The van der Waals surface area contributed by atoms with Crippen molar-refractivity contribution in [2.45, 2.75) is 37.8 Å². The zero-order valence-electron chi connectivity index (χ0n) is 13.5. The van der Waals surface area contributed by atoms with E-state index in [0.717, 1.165) is 12.1 Å². The fraction of sp³-hybridized carbons (Fsp3) is 0.350. The first-order valence-electron chi connectivity index (χ1n) is 8.22. The molecule has 3 rings (SSSR count). The molecule has 1 saturated carbocycles. The number of carboxylic acids is 1. The number of nitrogens with zero attached hydrogens (tertiary/aromatic N) is 1. The second-order valence-electron chi connectivity index (χ2n) is 6.43. The molecule has 1 aliphatic rings. The lowest BCUT2D eigenvalue weighted by Gasteiger charge is -2.30. The SMILES string of the molecule is CN(Cc1ccc(C(=O)O)cc1)C1CCCC1c1ccccc1. The number of hydrogen-bond donors (Lipinski definition) is 1. The van der Waals surface area contributed by atoms with E-state index >= 15 is 0 Å². The molecule has 0 amide bonds. The highest BCUT2D eigenvalue weighted by atomic mass is 16.4. The molecule has 2 unspecified atom stereocenters. The average molecular weight is 309 g/mol. The largest absolute Gasteiger partial charge is 0.478 e. The molecule has 0 aromatic heterocycles. The normalized spacial score (nSPS) is 20.8. The summed E-state index contributed by atoms with van der Waals surface area (Å²) in [7, 11) is 2.18. The van der Waals surface area contributed by atoms with Gasteiger partial charge in [0.2, 0.25) is 0 Å². The summed E-state index contributed by atoms with van der Waals surface area (Å²) < 4.78 is 0. The van der Waals surface area contributed by atoms with Crippen LogP contribution in [0.5, 0.6) is 0 Å². The van der Waals surface area contributed by atoms with Gasteiger partial charge >= 0.3 is 5.97 Å². The third-order valence-electron chi connectivity index (χ3n) is 4.91. The fourth-order valence-corrected chi connectivity index (χ4v) is 3.72. The van der Waals surface area contributed by atoms with E-state index in [2.05, 4.69) is 42.3 Å². The van der Waals surface area contributed by atoms with Gasteiger partial charge in [0.05, 0.1) is 5.56 Å². The molecule has 0 spiro atoms. The highest BCUT2D eigenvalue weighted by Gasteiger charge is 2.31. The highest BCUT2D eigenvalue weighted by Crippen LogP contribution is 2.37. The Labute approximate surface area is 137 Å². The van der Waals surface area contributed by atoms with Crippen molar-refractivity contribution in [1.29, 1.82) is 0 Å². The standard InChI is InChI=1S/C20H23NO2/c1-21(14-15-10-12-17(13-11-15)20(22)23)19-9-5-8-18(19)16-6-3-2-4-7-16/h2-4,6-7,10-13,18-19H,5,8-9,14H2,1H3,(H,22,23). The molecule has 3 nitrogen and oxygen atoms in total. The van der Waals surface area contributed by atoms with E-state index in [1.165, 1.54) is 24.8 Å². The Morgan fingerprint density at radius 3 is 2.43 bits per heavy atom. The summed E-state index contributed by atoms with van der Waals surface area (Å²) in [5.41, 5.74) is 2.94. The van der Waals surface area contributed by atoms with Crippen molar-refractivity contribution in [3.63, 3.8) is 0 Å². The summed E-state index contributed by atoms with van der Waals surface area (Å²) in [6, 6.07) is 18.6. The molecular formula is C20H23NO2. The van der Waals surface area contributed by atoms with Crippen LogP contribution in [0.2, 0.25) is 0 Å². The Morgan fingerprint density at radius 2 is 1.78 bits per heavy atom. The maximum absolute atomic E-state index is 10.9.